The van der Waals surface area contributed by atoms with E-state index in [1.165, 1.54) is 6.42 Å². The molecule has 1 amide bonds. The third kappa shape index (κ3) is 1.36. The normalized spacial score (nSPS) is 44.6. The largest absolute Gasteiger partial charge is 0.373 e. The molecule has 3 heterocycles. The van der Waals surface area contributed by atoms with Crippen LogP contribution in [0.5, 0.6) is 0 Å². The lowest BCUT2D eigenvalue weighted by molar-refractivity contribution is -0.134. The van der Waals surface area contributed by atoms with Crippen LogP contribution in [-0.4, -0.2) is 40.8 Å². The van der Waals surface area contributed by atoms with Crippen LogP contribution in [0.25, 0.3) is 0 Å². The van der Waals surface area contributed by atoms with Crippen molar-refractivity contribution in [3.8, 4) is 0 Å². The fraction of sp³-hybridized carbons (Fsp3) is 0.929. The van der Waals surface area contributed by atoms with Crippen molar-refractivity contribution >= 4 is 5.91 Å². The summed E-state index contributed by atoms with van der Waals surface area (Å²) in [5, 5.41) is 3.60. The standard InChI is InChI=1S/C14H22N2O2/c1-8(2)12-15-14(5-6-14)13(17)16(12)10-7-9-3-4-11(10)18-9/h8-12,15H,3-7H2,1-2H3. The van der Waals surface area contributed by atoms with Gasteiger partial charge in [-0.3, -0.25) is 10.1 Å². The van der Waals surface area contributed by atoms with Crippen LogP contribution in [0.1, 0.15) is 46.0 Å². The van der Waals surface area contributed by atoms with Crippen molar-refractivity contribution in [2.75, 3.05) is 0 Å². The number of nitrogens with one attached hydrogen (secondary N) is 1. The monoisotopic (exact) mass is 250 g/mol. The highest BCUT2D eigenvalue weighted by molar-refractivity contribution is 5.92. The zero-order valence-corrected chi connectivity index (χ0v) is 11.2. The second kappa shape index (κ2) is 3.48. The molecule has 0 aromatic rings. The Balaban J connectivity index is 1.63. The van der Waals surface area contributed by atoms with Crippen LogP contribution in [0.4, 0.5) is 0 Å². The molecule has 4 fully saturated rings. The quantitative estimate of drug-likeness (QED) is 0.802. The number of carbonyl (C=O) groups excluding carboxylic acids is 1. The fourth-order valence-corrected chi connectivity index (χ4v) is 4.02. The first-order chi connectivity index (χ1) is 8.61. The van der Waals surface area contributed by atoms with Gasteiger partial charge in [0.2, 0.25) is 5.91 Å². The summed E-state index contributed by atoms with van der Waals surface area (Å²) in [7, 11) is 0. The molecule has 3 saturated heterocycles. The number of ether oxygens (including phenoxy) is 1. The van der Waals surface area contributed by atoms with E-state index in [9.17, 15) is 4.79 Å². The lowest BCUT2D eigenvalue weighted by Crippen LogP contribution is -2.51. The maximum Gasteiger partial charge on any atom is 0.244 e. The molecule has 18 heavy (non-hydrogen) atoms. The van der Waals surface area contributed by atoms with Crippen LogP contribution in [-0.2, 0) is 9.53 Å². The zero-order valence-electron chi connectivity index (χ0n) is 11.2. The molecule has 4 unspecified atom stereocenters. The third-order valence-electron chi connectivity index (χ3n) is 5.18. The van der Waals surface area contributed by atoms with E-state index in [1.54, 1.807) is 0 Å². The Hall–Kier alpha value is -0.610. The highest BCUT2D eigenvalue weighted by Crippen LogP contribution is 2.47. The minimum atomic E-state index is -0.184. The fourth-order valence-electron chi connectivity index (χ4n) is 4.02. The lowest BCUT2D eigenvalue weighted by atomic mass is 9.93. The Morgan fingerprint density at radius 3 is 2.67 bits per heavy atom. The SMILES string of the molecule is CC(C)C1NC2(CC2)C(=O)N1C1CC2CCC1O2. The maximum absolute atomic E-state index is 12.7. The average Bonchev–Trinajstić information content (AvgIpc) is 2.69. The van der Waals surface area contributed by atoms with Crippen molar-refractivity contribution < 1.29 is 9.53 Å². The predicted molar refractivity (Wildman–Crippen MR) is 66.9 cm³/mol. The van der Waals surface area contributed by atoms with Gasteiger partial charge in [-0.25, -0.2) is 0 Å². The predicted octanol–water partition coefficient (Wildman–Crippen LogP) is 1.25. The number of hydrogen-bond acceptors (Lipinski definition) is 3. The van der Waals surface area contributed by atoms with Gasteiger partial charge in [0.1, 0.15) is 0 Å². The summed E-state index contributed by atoms with van der Waals surface area (Å²) in [5.41, 5.74) is -0.184. The molecule has 0 radical (unpaired) electrons. The first kappa shape index (κ1) is 11.2. The zero-order chi connectivity index (χ0) is 12.5. The van der Waals surface area contributed by atoms with E-state index in [-0.39, 0.29) is 11.7 Å². The van der Waals surface area contributed by atoms with Gasteiger partial charge >= 0.3 is 0 Å². The van der Waals surface area contributed by atoms with Gasteiger partial charge in [0.25, 0.3) is 0 Å². The summed E-state index contributed by atoms with van der Waals surface area (Å²) in [4.78, 5) is 14.8. The topological polar surface area (TPSA) is 41.6 Å². The molecule has 1 N–H and O–H groups in total. The molecule has 1 aliphatic carbocycles. The van der Waals surface area contributed by atoms with Gasteiger partial charge in [-0.15, -0.1) is 0 Å². The molecule has 4 heteroatoms. The van der Waals surface area contributed by atoms with Crippen LogP contribution < -0.4 is 5.32 Å². The minimum absolute atomic E-state index is 0.184. The molecule has 3 aliphatic heterocycles. The molecule has 4 aliphatic rings. The molecule has 4 rings (SSSR count). The number of amides is 1. The molecule has 1 saturated carbocycles. The van der Waals surface area contributed by atoms with Gasteiger partial charge in [0.05, 0.1) is 30.0 Å². The molecular weight excluding hydrogens is 228 g/mol. The Bertz CT molecular complexity index is 391. The second-order valence-electron chi connectivity index (χ2n) is 6.80. The van der Waals surface area contributed by atoms with Crippen LogP contribution in [0.15, 0.2) is 0 Å². The van der Waals surface area contributed by atoms with Crippen LogP contribution >= 0.6 is 0 Å². The van der Waals surface area contributed by atoms with Crippen LogP contribution in [0, 0.1) is 5.92 Å². The first-order valence-corrected chi connectivity index (χ1v) is 7.37. The van der Waals surface area contributed by atoms with Gasteiger partial charge in [0.15, 0.2) is 0 Å². The maximum atomic E-state index is 12.7. The van der Waals surface area contributed by atoms with Crippen molar-refractivity contribution in [2.45, 2.75) is 75.9 Å². The summed E-state index contributed by atoms with van der Waals surface area (Å²) in [6.07, 6.45) is 6.35. The first-order valence-electron chi connectivity index (χ1n) is 7.37. The highest BCUT2D eigenvalue weighted by atomic mass is 16.5. The van der Waals surface area contributed by atoms with E-state index in [0.29, 0.717) is 30.1 Å². The molecule has 4 nitrogen and oxygen atoms in total. The van der Waals surface area contributed by atoms with Gasteiger partial charge in [-0.1, -0.05) is 13.8 Å². The van der Waals surface area contributed by atoms with Crippen LogP contribution in [0.2, 0.25) is 0 Å². The number of carbonyl (C=O) groups is 1. The summed E-state index contributed by atoms with van der Waals surface area (Å²) in [5.74, 6) is 0.815. The van der Waals surface area contributed by atoms with E-state index < -0.39 is 0 Å². The average molecular weight is 250 g/mol. The summed E-state index contributed by atoms with van der Waals surface area (Å²) >= 11 is 0. The van der Waals surface area contributed by atoms with Crippen molar-refractivity contribution in [2.24, 2.45) is 5.92 Å². The second-order valence-corrected chi connectivity index (χ2v) is 6.80. The van der Waals surface area contributed by atoms with Crippen molar-refractivity contribution in [3.05, 3.63) is 0 Å². The van der Waals surface area contributed by atoms with Crippen LogP contribution in [0.3, 0.4) is 0 Å². The van der Waals surface area contributed by atoms with E-state index in [4.69, 9.17) is 4.74 Å². The number of nitrogens with zero attached hydrogens (tertiary/aromatic N) is 1. The minimum Gasteiger partial charge on any atom is -0.373 e. The van der Waals surface area contributed by atoms with E-state index in [0.717, 1.165) is 25.7 Å². The van der Waals surface area contributed by atoms with Gasteiger partial charge in [0, 0.05) is 0 Å². The molecule has 4 atom stereocenters. The smallest absolute Gasteiger partial charge is 0.244 e. The van der Waals surface area contributed by atoms with E-state index in [1.807, 2.05) is 0 Å². The number of fused-ring (bicyclic) bond motifs is 2. The number of hydrogen-bond donors (Lipinski definition) is 1. The molecule has 1 spiro atoms. The van der Waals surface area contributed by atoms with Crippen molar-refractivity contribution in [1.82, 2.24) is 10.2 Å². The summed E-state index contributed by atoms with van der Waals surface area (Å²) in [6.45, 7) is 4.40. The van der Waals surface area contributed by atoms with E-state index in [2.05, 4.69) is 24.1 Å². The Kier molecular flexibility index (Phi) is 2.17. The molecule has 100 valence electrons. The molecule has 2 bridgehead atoms. The van der Waals surface area contributed by atoms with Gasteiger partial charge < -0.3 is 9.64 Å². The molecule has 0 aromatic heterocycles. The Labute approximate surface area is 108 Å². The number of rotatable bonds is 2. The van der Waals surface area contributed by atoms with E-state index >= 15 is 0 Å². The van der Waals surface area contributed by atoms with Gasteiger partial charge in [-0.05, 0) is 38.0 Å². The molecular formula is C14H22N2O2. The Morgan fingerprint density at radius 1 is 1.39 bits per heavy atom. The lowest BCUT2D eigenvalue weighted by Gasteiger charge is -2.35. The Morgan fingerprint density at radius 2 is 2.17 bits per heavy atom. The highest BCUT2D eigenvalue weighted by Gasteiger charge is 2.62. The van der Waals surface area contributed by atoms with Gasteiger partial charge in [-0.2, -0.15) is 0 Å². The summed E-state index contributed by atoms with van der Waals surface area (Å²) < 4.78 is 5.94. The van der Waals surface area contributed by atoms with Crippen molar-refractivity contribution in [3.63, 3.8) is 0 Å². The van der Waals surface area contributed by atoms with Crippen molar-refractivity contribution in [1.29, 1.82) is 0 Å². The third-order valence-corrected chi connectivity index (χ3v) is 5.18. The summed E-state index contributed by atoms with van der Waals surface area (Å²) in [6, 6.07) is 0.330. The molecule has 0 aromatic carbocycles.